The van der Waals surface area contributed by atoms with Crippen molar-refractivity contribution in [2.45, 2.75) is 70.7 Å². The summed E-state index contributed by atoms with van der Waals surface area (Å²) in [7, 11) is 0.512. The van der Waals surface area contributed by atoms with E-state index in [1.165, 1.54) is 7.05 Å². The van der Waals surface area contributed by atoms with Crippen LogP contribution >= 0.6 is 0 Å². The number of nitrogens with zero attached hydrogens (tertiary/aromatic N) is 2. The molecule has 10 N–H and O–H groups in total. The molecule has 64 heavy (non-hydrogen) atoms. The van der Waals surface area contributed by atoms with Crippen molar-refractivity contribution in [2.24, 2.45) is 11.7 Å². The lowest BCUT2D eigenvalue weighted by Gasteiger charge is -2.25. The molecule has 0 saturated carbocycles. The molecule has 0 radical (unpaired) electrons. The van der Waals surface area contributed by atoms with Gasteiger partial charge in [-0.3, -0.25) is 34.0 Å². The fraction of sp³-hybridized carbons (Fsp3) is 0.650. The van der Waals surface area contributed by atoms with Crippen molar-refractivity contribution in [3.63, 3.8) is 0 Å². The van der Waals surface area contributed by atoms with E-state index in [1.807, 2.05) is 47.0 Å². The number of nitrogens with two attached hydrogens (primary N) is 1. The molecular weight excluding hydrogens is 861 g/mol. The van der Waals surface area contributed by atoms with Gasteiger partial charge in [0.1, 0.15) is 23.9 Å². The number of carbonyl (C=O) groups is 6. The van der Waals surface area contributed by atoms with E-state index < -0.39 is 69.6 Å². The van der Waals surface area contributed by atoms with Crippen LogP contribution in [0.2, 0.25) is 0 Å². The summed E-state index contributed by atoms with van der Waals surface area (Å²) in [6, 6.07) is 5.77. The van der Waals surface area contributed by atoms with E-state index in [0.29, 0.717) is 13.0 Å². The quantitative estimate of drug-likeness (QED) is 0.0216. The summed E-state index contributed by atoms with van der Waals surface area (Å²) in [6.07, 6.45) is 0.576. The molecule has 2 rings (SSSR count). The number of ether oxygens (including phenoxy) is 4. The van der Waals surface area contributed by atoms with Crippen LogP contribution in [0.25, 0.3) is 10.9 Å². The number of primary amides is 1. The number of aromatic nitrogens is 1. The van der Waals surface area contributed by atoms with Gasteiger partial charge in [0.15, 0.2) is 0 Å². The molecule has 23 nitrogen and oxygen atoms in total. The number of hydrazine groups is 1. The first-order valence-corrected chi connectivity index (χ1v) is 22.7. The highest BCUT2D eigenvalue weighted by Crippen LogP contribution is 2.21. The lowest BCUT2D eigenvalue weighted by molar-refractivity contribution is -0.133. The Labute approximate surface area is 374 Å². The van der Waals surface area contributed by atoms with E-state index in [9.17, 15) is 41.7 Å². The van der Waals surface area contributed by atoms with E-state index in [2.05, 4.69) is 37.3 Å². The first-order chi connectivity index (χ1) is 30.4. The molecule has 24 heteroatoms. The largest absolute Gasteiger partial charge is 0.379 e. The number of hydrogen-bond acceptors (Lipinski definition) is 14. The van der Waals surface area contributed by atoms with Crippen molar-refractivity contribution >= 4 is 56.6 Å². The lowest BCUT2D eigenvalue weighted by Crippen LogP contribution is -2.55. The third kappa shape index (κ3) is 22.6. The van der Waals surface area contributed by atoms with Gasteiger partial charge in [0.25, 0.3) is 10.1 Å². The molecule has 1 unspecified atom stereocenters. The molecule has 2 aromatic rings. The SMILES string of the molecule is CNC(=O)[C@H](CCCNC(N)=O)NC(=O)C(NC(=O)CCOCCOCCOCCOCCNC(=O)[C@H](CS(=O)(=O)O)NC(=O)CCn1c(CN(C)NC)cc2ccccc21)C(C)C. The number of rotatable bonds is 34. The second-order valence-corrected chi connectivity index (χ2v) is 16.4. The highest BCUT2D eigenvalue weighted by Gasteiger charge is 2.29. The zero-order valence-corrected chi connectivity index (χ0v) is 38.3. The summed E-state index contributed by atoms with van der Waals surface area (Å²) < 4.78 is 56.6. The van der Waals surface area contributed by atoms with Gasteiger partial charge in [0.05, 0.1) is 59.4 Å². The van der Waals surface area contributed by atoms with E-state index in [1.54, 1.807) is 20.9 Å². The average molecular weight is 929 g/mol. The molecule has 0 aliphatic heterocycles. The normalized spacial score (nSPS) is 13.0. The Hall–Kier alpha value is -4.95. The number of amides is 7. The Balaban J connectivity index is 1.59. The topological polar surface area (TPSA) is 312 Å². The molecule has 1 heterocycles. The van der Waals surface area contributed by atoms with Gasteiger partial charge in [-0.2, -0.15) is 8.42 Å². The molecule has 0 spiro atoms. The van der Waals surface area contributed by atoms with Gasteiger partial charge in [-0.15, -0.1) is 0 Å². The maximum atomic E-state index is 13.0. The van der Waals surface area contributed by atoms with Crippen LogP contribution in [0.15, 0.2) is 30.3 Å². The highest BCUT2D eigenvalue weighted by molar-refractivity contribution is 7.85. The van der Waals surface area contributed by atoms with Crippen molar-refractivity contribution in [1.82, 2.24) is 46.9 Å². The second-order valence-electron chi connectivity index (χ2n) is 14.9. The van der Waals surface area contributed by atoms with E-state index >= 15 is 0 Å². The lowest BCUT2D eigenvalue weighted by atomic mass is 10.0. The van der Waals surface area contributed by atoms with Crippen LogP contribution in [-0.2, 0) is 66.1 Å². The number of aryl methyl sites for hydroxylation is 1. The average Bonchev–Trinajstić information content (AvgIpc) is 3.59. The maximum Gasteiger partial charge on any atom is 0.312 e. The molecule has 0 fully saturated rings. The van der Waals surface area contributed by atoms with Gasteiger partial charge < -0.3 is 61.1 Å². The zero-order chi connectivity index (χ0) is 47.5. The van der Waals surface area contributed by atoms with Crippen LogP contribution in [-0.4, -0.2) is 169 Å². The summed E-state index contributed by atoms with van der Waals surface area (Å²) >= 11 is 0. The summed E-state index contributed by atoms with van der Waals surface area (Å²) in [4.78, 5) is 74.5. The predicted molar refractivity (Wildman–Crippen MR) is 236 cm³/mol. The van der Waals surface area contributed by atoms with Crippen LogP contribution in [0.5, 0.6) is 0 Å². The summed E-state index contributed by atoms with van der Waals surface area (Å²) in [5, 5.41) is 18.1. The summed E-state index contributed by atoms with van der Waals surface area (Å²) in [5.74, 6) is -3.97. The minimum Gasteiger partial charge on any atom is -0.379 e. The second kappa shape index (κ2) is 30.2. The van der Waals surface area contributed by atoms with E-state index in [-0.39, 0.29) is 97.7 Å². The smallest absolute Gasteiger partial charge is 0.312 e. The first kappa shape index (κ1) is 55.2. The molecule has 0 aliphatic carbocycles. The fourth-order valence-electron chi connectivity index (χ4n) is 6.16. The van der Waals surface area contributed by atoms with Crippen LogP contribution < -0.4 is 43.1 Å². The zero-order valence-electron chi connectivity index (χ0n) is 37.4. The fourth-order valence-corrected chi connectivity index (χ4v) is 6.81. The number of carbonyl (C=O) groups excluding carboxylic acids is 6. The van der Waals surface area contributed by atoms with Crippen LogP contribution in [0.3, 0.4) is 0 Å². The van der Waals surface area contributed by atoms with E-state index in [4.69, 9.17) is 24.7 Å². The Bertz CT molecular complexity index is 1880. The number of urea groups is 1. The number of nitrogens with one attached hydrogen (secondary N) is 7. The van der Waals surface area contributed by atoms with Crippen LogP contribution in [0.1, 0.15) is 45.2 Å². The van der Waals surface area contributed by atoms with Crippen LogP contribution in [0.4, 0.5) is 4.79 Å². The maximum absolute atomic E-state index is 13.0. The Morgan fingerprint density at radius 3 is 1.97 bits per heavy atom. The van der Waals surface area contributed by atoms with Crippen molar-refractivity contribution < 1.29 is 60.7 Å². The molecular formula is C40H68N10O13S. The van der Waals surface area contributed by atoms with Crippen molar-refractivity contribution in [3.05, 3.63) is 36.0 Å². The Kier molecular flexibility index (Phi) is 26.1. The first-order valence-electron chi connectivity index (χ1n) is 21.1. The summed E-state index contributed by atoms with van der Waals surface area (Å²) in [5.41, 5.74) is 9.97. The molecule has 0 bridgehead atoms. The number of fused-ring (bicyclic) bond motifs is 1. The van der Waals surface area contributed by atoms with Gasteiger partial charge >= 0.3 is 6.03 Å². The van der Waals surface area contributed by atoms with Crippen molar-refractivity contribution in [1.29, 1.82) is 0 Å². The molecule has 0 saturated heterocycles. The van der Waals surface area contributed by atoms with Gasteiger partial charge in [-0.1, -0.05) is 32.0 Å². The molecule has 362 valence electrons. The Morgan fingerprint density at radius 1 is 0.766 bits per heavy atom. The molecule has 3 atom stereocenters. The molecule has 1 aromatic carbocycles. The summed E-state index contributed by atoms with van der Waals surface area (Å²) in [6.45, 7) is 6.14. The van der Waals surface area contributed by atoms with Crippen LogP contribution in [0, 0.1) is 5.92 Å². The molecule has 7 amide bonds. The van der Waals surface area contributed by atoms with Crippen molar-refractivity contribution in [3.8, 4) is 0 Å². The number of para-hydroxylation sites is 1. The van der Waals surface area contributed by atoms with Gasteiger partial charge in [0, 0.05) is 57.8 Å². The predicted octanol–water partition coefficient (Wildman–Crippen LogP) is -1.64. The number of hydrogen-bond donors (Lipinski definition) is 9. The highest BCUT2D eigenvalue weighted by atomic mass is 32.2. The van der Waals surface area contributed by atoms with Gasteiger partial charge in [0.2, 0.25) is 29.5 Å². The minimum atomic E-state index is -4.61. The Morgan fingerprint density at radius 2 is 1.38 bits per heavy atom. The van der Waals surface area contributed by atoms with E-state index in [0.717, 1.165) is 16.6 Å². The third-order valence-electron chi connectivity index (χ3n) is 9.52. The number of benzene rings is 1. The minimum absolute atomic E-state index is 0.00634. The van der Waals surface area contributed by atoms with Gasteiger partial charge in [-0.05, 0) is 43.3 Å². The number of likely N-dealkylation sites (N-methyl/N-ethyl adjacent to an activating group) is 1. The van der Waals surface area contributed by atoms with Gasteiger partial charge in [-0.25, -0.2) is 9.80 Å². The standard InChI is InChI=1S/C40H68N10O13S/c1-28(2)36(39(55)47-31(37(53)42-3)10-8-14-45-40(41)56)48-35(52)13-17-60-19-21-62-23-24-63-22-20-61-18-15-44-38(54)32(27-64(57,58)59)46-34(51)12-16-50-30(26-49(5)43-4)25-29-9-6-7-11-33(29)50/h6-7,9,11,25,28,31-32,36,43H,8,10,12-24,26-27H2,1-5H3,(H,42,53)(H,44,54)(H,46,51)(H,47,55)(H,48,52)(H3,41,45,56)(H,57,58,59)/t31-,32-,36?/m0/s1. The van der Waals surface area contributed by atoms with Crippen molar-refractivity contribution in [2.75, 3.05) is 92.8 Å². The molecule has 1 aromatic heterocycles. The monoisotopic (exact) mass is 928 g/mol. The molecule has 0 aliphatic rings. The third-order valence-corrected chi connectivity index (χ3v) is 10.3.